The number of pyridine rings is 1. The van der Waals surface area contributed by atoms with Crippen LogP contribution in [0.3, 0.4) is 0 Å². The second-order valence-corrected chi connectivity index (χ2v) is 10.4. The first-order chi connectivity index (χ1) is 18.7. The zero-order chi connectivity index (χ0) is 27.3. The smallest absolute Gasteiger partial charge is 0.372 e. The summed E-state index contributed by atoms with van der Waals surface area (Å²) in [7, 11) is 0. The van der Waals surface area contributed by atoms with Crippen LogP contribution in [0, 0.1) is 11.8 Å². The summed E-state index contributed by atoms with van der Waals surface area (Å²) in [5.41, 5.74) is 0.160. The second kappa shape index (κ2) is 9.64. The highest BCUT2D eigenvalue weighted by Gasteiger charge is 2.43. The molecule has 0 spiro atoms. The lowest BCUT2D eigenvalue weighted by Gasteiger charge is -2.52. The van der Waals surface area contributed by atoms with Gasteiger partial charge in [0.15, 0.2) is 0 Å². The fourth-order valence-corrected chi connectivity index (χ4v) is 6.19. The predicted octanol–water partition coefficient (Wildman–Crippen LogP) is 5.64. The first kappa shape index (κ1) is 25.3. The van der Waals surface area contributed by atoms with E-state index in [1.54, 1.807) is 6.20 Å². The minimum absolute atomic E-state index is 0.0584. The third-order valence-electron chi connectivity index (χ3n) is 8.25. The van der Waals surface area contributed by atoms with Crippen LogP contribution in [0.2, 0.25) is 0 Å². The summed E-state index contributed by atoms with van der Waals surface area (Å²) in [5.74, 6) is 0.889. The van der Waals surface area contributed by atoms with Crippen LogP contribution in [0.5, 0.6) is 0 Å². The third-order valence-corrected chi connectivity index (χ3v) is 8.25. The number of hydrogen-bond acceptors (Lipinski definition) is 6. The van der Waals surface area contributed by atoms with Gasteiger partial charge in [-0.15, -0.1) is 6.58 Å². The van der Waals surface area contributed by atoms with Crippen molar-refractivity contribution in [1.82, 2.24) is 9.88 Å². The van der Waals surface area contributed by atoms with Crippen molar-refractivity contribution in [2.45, 2.75) is 31.1 Å². The number of alkyl halides is 3. The van der Waals surface area contributed by atoms with Crippen molar-refractivity contribution in [1.29, 1.82) is 0 Å². The van der Waals surface area contributed by atoms with Crippen molar-refractivity contribution in [3.8, 4) is 0 Å². The Kier molecular flexibility index (Phi) is 6.26. The molecule has 3 saturated heterocycles. The Morgan fingerprint density at radius 1 is 1.03 bits per heavy atom. The highest BCUT2D eigenvalue weighted by atomic mass is 19.4. The van der Waals surface area contributed by atoms with E-state index in [-0.39, 0.29) is 23.5 Å². The molecule has 1 aromatic heterocycles. The molecule has 3 aliphatic rings. The zero-order valence-electron chi connectivity index (χ0n) is 21.0. The number of nitrogens with one attached hydrogen (secondary N) is 2. The number of para-hydroxylation sites is 1. The van der Waals surface area contributed by atoms with Gasteiger partial charge in [0.2, 0.25) is 0 Å². The lowest BCUT2D eigenvalue weighted by molar-refractivity contribution is -0.137. The highest BCUT2D eigenvalue weighted by Crippen LogP contribution is 2.43. The number of aromatic nitrogens is 1. The van der Waals surface area contributed by atoms with Gasteiger partial charge in [0, 0.05) is 29.9 Å². The average molecular weight is 533 g/mol. The van der Waals surface area contributed by atoms with Gasteiger partial charge in [0.1, 0.15) is 11.4 Å². The van der Waals surface area contributed by atoms with Crippen LogP contribution in [0.25, 0.3) is 10.9 Å². The van der Waals surface area contributed by atoms with Gasteiger partial charge in [0.05, 0.1) is 17.1 Å². The predicted molar refractivity (Wildman–Crippen MR) is 146 cm³/mol. The number of rotatable bonds is 7. The molecule has 4 heterocycles. The van der Waals surface area contributed by atoms with E-state index < -0.39 is 22.6 Å². The maximum Gasteiger partial charge on any atom is 0.416 e. The van der Waals surface area contributed by atoms with Crippen LogP contribution in [-0.2, 0) is 6.18 Å². The molecule has 5 atom stereocenters. The van der Waals surface area contributed by atoms with E-state index in [4.69, 9.17) is 0 Å². The monoisotopic (exact) mass is 532 g/mol. The lowest BCUT2D eigenvalue weighted by atomic mass is 9.73. The number of piperidine rings is 3. The number of halogens is 3. The Balaban J connectivity index is 1.37. The maximum atomic E-state index is 13.0. The molecule has 1 unspecified atom stereocenters. The largest absolute Gasteiger partial charge is 0.416 e. The van der Waals surface area contributed by atoms with Crippen molar-refractivity contribution in [3.05, 3.63) is 105 Å². The third kappa shape index (κ3) is 4.50. The molecular formula is C30H27F3N4O2. The standard InChI is InChI=1S/C30H27F3N4O2/c1-2-17-16-37-14-12-18(17)15-24(37)25(22-11-13-34-23-6-4-3-5-21(22)23)36-27-26(28(38)29(27)39)35-20-9-7-19(8-10-20)30(31,32)33/h2-11,13,17-18,24-25,35-36H,1,12,14-16H2/t17-,18-,24-,25-/m0/s1. The van der Waals surface area contributed by atoms with Crippen LogP contribution in [-0.4, -0.2) is 29.0 Å². The summed E-state index contributed by atoms with van der Waals surface area (Å²) in [6.07, 6.45) is 1.30. The summed E-state index contributed by atoms with van der Waals surface area (Å²) < 4.78 is 39.0. The molecule has 3 aliphatic heterocycles. The maximum absolute atomic E-state index is 13.0. The minimum atomic E-state index is -4.47. The van der Waals surface area contributed by atoms with Crippen LogP contribution < -0.4 is 21.5 Å². The molecule has 3 fully saturated rings. The first-order valence-corrected chi connectivity index (χ1v) is 13.0. The Morgan fingerprint density at radius 2 is 1.77 bits per heavy atom. The van der Waals surface area contributed by atoms with E-state index in [1.807, 2.05) is 36.4 Å². The molecule has 2 bridgehead atoms. The van der Waals surface area contributed by atoms with Crippen LogP contribution in [0.1, 0.15) is 30.0 Å². The molecule has 6 nitrogen and oxygen atoms in total. The zero-order valence-corrected chi connectivity index (χ0v) is 21.0. The lowest BCUT2D eigenvalue weighted by Crippen LogP contribution is -2.56. The Bertz CT molecular complexity index is 1600. The molecule has 0 amide bonds. The molecule has 3 aromatic carbocycles. The SMILES string of the molecule is C=C[C@H]1CN2CC[C@H]1C[C@H]2[C@@H](Nc1c(Nc2ccc(C(F)(F)F)cc2)c(=O)c1=O)c1ccnc2ccccc12. The van der Waals surface area contributed by atoms with E-state index in [9.17, 15) is 22.8 Å². The molecule has 7 rings (SSSR count). The summed E-state index contributed by atoms with van der Waals surface area (Å²) in [4.78, 5) is 32.3. The number of fused-ring (bicyclic) bond motifs is 4. The molecule has 4 aromatic rings. The quantitative estimate of drug-likeness (QED) is 0.237. The van der Waals surface area contributed by atoms with E-state index in [2.05, 4.69) is 27.1 Å². The summed E-state index contributed by atoms with van der Waals surface area (Å²) in [5, 5.41) is 7.24. The van der Waals surface area contributed by atoms with Crippen LogP contribution in [0.4, 0.5) is 30.2 Å². The summed E-state index contributed by atoms with van der Waals surface area (Å²) in [6, 6.07) is 13.9. The second-order valence-electron chi connectivity index (χ2n) is 10.4. The van der Waals surface area contributed by atoms with E-state index in [1.165, 1.54) is 12.1 Å². The Hall–Kier alpha value is -3.98. The summed E-state index contributed by atoms with van der Waals surface area (Å²) >= 11 is 0. The highest BCUT2D eigenvalue weighted by molar-refractivity contribution is 5.84. The normalized spacial score (nSPS) is 23.6. The molecule has 0 saturated carbocycles. The average Bonchev–Trinajstić information content (AvgIpc) is 2.96. The van der Waals surface area contributed by atoms with Crippen LogP contribution in [0.15, 0.2) is 83.0 Å². The molecule has 0 aliphatic carbocycles. The molecule has 0 radical (unpaired) electrons. The van der Waals surface area contributed by atoms with Gasteiger partial charge in [0.25, 0.3) is 10.9 Å². The van der Waals surface area contributed by atoms with Gasteiger partial charge in [-0.25, -0.2) is 0 Å². The summed E-state index contributed by atoms with van der Waals surface area (Å²) in [6.45, 7) is 5.83. The fourth-order valence-electron chi connectivity index (χ4n) is 6.19. The van der Waals surface area contributed by atoms with E-state index >= 15 is 0 Å². The van der Waals surface area contributed by atoms with E-state index in [0.29, 0.717) is 17.5 Å². The van der Waals surface area contributed by atoms with Crippen molar-refractivity contribution < 1.29 is 13.2 Å². The molecule has 200 valence electrons. The number of nitrogens with zero attached hydrogens (tertiary/aromatic N) is 2. The molecular weight excluding hydrogens is 505 g/mol. The Morgan fingerprint density at radius 3 is 2.46 bits per heavy atom. The topological polar surface area (TPSA) is 74.3 Å². The Labute approximate surface area is 222 Å². The van der Waals surface area contributed by atoms with Gasteiger partial charge in [-0.1, -0.05) is 24.3 Å². The van der Waals surface area contributed by atoms with Crippen molar-refractivity contribution in [2.24, 2.45) is 11.8 Å². The van der Waals surface area contributed by atoms with Crippen molar-refractivity contribution in [3.63, 3.8) is 0 Å². The van der Waals surface area contributed by atoms with E-state index in [0.717, 1.165) is 54.5 Å². The molecule has 39 heavy (non-hydrogen) atoms. The van der Waals surface area contributed by atoms with Gasteiger partial charge < -0.3 is 10.6 Å². The minimum Gasteiger partial charge on any atom is -0.372 e. The first-order valence-electron chi connectivity index (χ1n) is 13.0. The molecule has 9 heteroatoms. The fraction of sp³-hybridized carbons (Fsp3) is 0.300. The van der Waals surface area contributed by atoms with Gasteiger partial charge in [-0.05, 0) is 73.2 Å². The number of hydrogen-bond donors (Lipinski definition) is 2. The number of benzene rings is 2. The van der Waals surface area contributed by atoms with Gasteiger partial charge >= 0.3 is 6.18 Å². The number of anilines is 3. The van der Waals surface area contributed by atoms with Crippen molar-refractivity contribution in [2.75, 3.05) is 23.7 Å². The van der Waals surface area contributed by atoms with Crippen LogP contribution >= 0.6 is 0 Å². The van der Waals surface area contributed by atoms with Gasteiger partial charge in [-0.3, -0.25) is 19.5 Å². The molecule has 2 N–H and O–H groups in total. The van der Waals surface area contributed by atoms with Crippen molar-refractivity contribution >= 4 is 28.0 Å². The van der Waals surface area contributed by atoms with Gasteiger partial charge in [-0.2, -0.15) is 13.2 Å².